The Morgan fingerprint density at radius 3 is 2.37 bits per heavy atom. The van der Waals surface area contributed by atoms with Crippen LogP contribution in [-0.4, -0.2) is 13.1 Å². The summed E-state index contributed by atoms with van der Waals surface area (Å²) in [7, 11) is 1.53. The van der Waals surface area contributed by atoms with E-state index in [1.165, 1.54) is 12.7 Å². The van der Waals surface area contributed by atoms with Crippen molar-refractivity contribution >= 4 is 5.97 Å². The molecule has 0 saturated heterocycles. The maximum atomic E-state index is 12.0. The monoisotopic (exact) mass is 256 g/mol. The number of aryl methyl sites for hydroxylation is 1. The van der Waals surface area contributed by atoms with Crippen LogP contribution in [0.4, 0.5) is 0 Å². The van der Waals surface area contributed by atoms with Crippen molar-refractivity contribution in [1.82, 2.24) is 0 Å². The summed E-state index contributed by atoms with van der Waals surface area (Å²) < 4.78 is 10.5. The average molecular weight is 256 g/mol. The fourth-order valence-electron chi connectivity index (χ4n) is 1.77. The molecule has 0 aliphatic carbocycles. The summed E-state index contributed by atoms with van der Waals surface area (Å²) in [6.07, 6.45) is 0.959. The van der Waals surface area contributed by atoms with Gasteiger partial charge in [0, 0.05) is 0 Å². The molecule has 0 aliphatic rings. The molecule has 0 spiro atoms. The molecule has 2 aromatic rings. The first-order chi connectivity index (χ1) is 9.24. The van der Waals surface area contributed by atoms with Gasteiger partial charge in [-0.3, -0.25) is 0 Å². The van der Waals surface area contributed by atoms with Gasteiger partial charge in [-0.1, -0.05) is 31.2 Å². The number of benzene rings is 2. The second-order valence-electron chi connectivity index (χ2n) is 4.09. The van der Waals surface area contributed by atoms with E-state index >= 15 is 0 Å². The van der Waals surface area contributed by atoms with Crippen molar-refractivity contribution < 1.29 is 14.3 Å². The smallest absolute Gasteiger partial charge is 0.347 e. The normalized spacial score (nSPS) is 10.0. The number of para-hydroxylation sites is 1. The van der Waals surface area contributed by atoms with Crippen molar-refractivity contribution in [2.45, 2.75) is 13.3 Å². The molecular weight excluding hydrogens is 240 g/mol. The summed E-state index contributed by atoms with van der Waals surface area (Å²) >= 11 is 0. The van der Waals surface area contributed by atoms with Gasteiger partial charge >= 0.3 is 5.97 Å². The first kappa shape index (κ1) is 13.1. The lowest BCUT2D eigenvalue weighted by Gasteiger charge is -2.08. The van der Waals surface area contributed by atoms with E-state index < -0.39 is 5.97 Å². The van der Waals surface area contributed by atoms with Crippen molar-refractivity contribution in [2.24, 2.45) is 0 Å². The number of esters is 1. The van der Waals surface area contributed by atoms with Gasteiger partial charge in [-0.15, -0.1) is 0 Å². The highest BCUT2D eigenvalue weighted by Crippen LogP contribution is 2.20. The zero-order valence-corrected chi connectivity index (χ0v) is 11.1. The number of carbonyl (C=O) groups is 1. The van der Waals surface area contributed by atoms with Crippen LogP contribution in [0.3, 0.4) is 0 Å². The van der Waals surface area contributed by atoms with Crippen LogP contribution in [0, 0.1) is 0 Å². The van der Waals surface area contributed by atoms with E-state index in [4.69, 9.17) is 9.47 Å². The van der Waals surface area contributed by atoms with Gasteiger partial charge in [-0.25, -0.2) is 4.79 Å². The van der Waals surface area contributed by atoms with Crippen LogP contribution in [0.15, 0.2) is 48.5 Å². The first-order valence-electron chi connectivity index (χ1n) is 6.18. The molecule has 0 radical (unpaired) electrons. The standard InChI is InChI=1S/C16H16O3/c1-3-12-8-10-13(11-9-12)19-16(17)14-6-4-5-7-15(14)18-2/h4-11H,3H2,1-2H3. The number of hydrogen-bond donors (Lipinski definition) is 0. The number of rotatable bonds is 4. The highest BCUT2D eigenvalue weighted by molar-refractivity contribution is 5.93. The molecule has 0 heterocycles. The zero-order chi connectivity index (χ0) is 13.7. The van der Waals surface area contributed by atoms with Gasteiger partial charge in [0.1, 0.15) is 17.1 Å². The summed E-state index contributed by atoms with van der Waals surface area (Å²) in [6, 6.07) is 14.5. The quantitative estimate of drug-likeness (QED) is 0.620. The molecule has 3 heteroatoms. The molecule has 2 rings (SSSR count). The van der Waals surface area contributed by atoms with Gasteiger partial charge < -0.3 is 9.47 Å². The Hall–Kier alpha value is -2.29. The third-order valence-corrected chi connectivity index (χ3v) is 2.87. The average Bonchev–Trinajstić information content (AvgIpc) is 2.48. The van der Waals surface area contributed by atoms with Crippen LogP contribution in [-0.2, 0) is 6.42 Å². The molecule has 98 valence electrons. The zero-order valence-electron chi connectivity index (χ0n) is 11.1. The molecule has 2 aromatic carbocycles. The maximum Gasteiger partial charge on any atom is 0.347 e. The topological polar surface area (TPSA) is 35.5 Å². The minimum Gasteiger partial charge on any atom is -0.496 e. The van der Waals surface area contributed by atoms with E-state index in [1.807, 2.05) is 18.2 Å². The molecule has 0 bridgehead atoms. The Bertz CT molecular complexity index is 558. The fraction of sp³-hybridized carbons (Fsp3) is 0.188. The SMILES string of the molecule is CCc1ccc(OC(=O)c2ccccc2OC)cc1. The van der Waals surface area contributed by atoms with E-state index in [1.54, 1.807) is 30.3 Å². The fourth-order valence-corrected chi connectivity index (χ4v) is 1.77. The maximum absolute atomic E-state index is 12.0. The van der Waals surface area contributed by atoms with Crippen molar-refractivity contribution in [1.29, 1.82) is 0 Å². The highest BCUT2D eigenvalue weighted by Gasteiger charge is 2.13. The van der Waals surface area contributed by atoms with E-state index in [9.17, 15) is 4.79 Å². The Kier molecular flexibility index (Phi) is 4.18. The lowest BCUT2D eigenvalue weighted by atomic mass is 10.2. The highest BCUT2D eigenvalue weighted by atomic mass is 16.5. The minimum absolute atomic E-state index is 0.415. The van der Waals surface area contributed by atoms with Crippen LogP contribution in [0.25, 0.3) is 0 Å². The summed E-state index contributed by atoms with van der Waals surface area (Å²) in [6.45, 7) is 2.08. The van der Waals surface area contributed by atoms with Crippen molar-refractivity contribution in [3.05, 3.63) is 59.7 Å². The third kappa shape index (κ3) is 3.13. The summed E-state index contributed by atoms with van der Waals surface area (Å²) in [5.41, 5.74) is 1.63. The van der Waals surface area contributed by atoms with Gasteiger partial charge in [0.15, 0.2) is 0 Å². The van der Waals surface area contributed by atoms with Crippen LogP contribution < -0.4 is 9.47 Å². The first-order valence-corrected chi connectivity index (χ1v) is 6.18. The predicted molar refractivity (Wildman–Crippen MR) is 73.8 cm³/mol. The molecule has 3 nitrogen and oxygen atoms in total. The second kappa shape index (κ2) is 6.05. The van der Waals surface area contributed by atoms with Crippen molar-refractivity contribution in [2.75, 3.05) is 7.11 Å². The molecule has 0 atom stereocenters. The van der Waals surface area contributed by atoms with Gasteiger partial charge in [0.25, 0.3) is 0 Å². The number of hydrogen-bond acceptors (Lipinski definition) is 3. The van der Waals surface area contributed by atoms with E-state index in [-0.39, 0.29) is 0 Å². The van der Waals surface area contributed by atoms with Crippen LogP contribution in [0.5, 0.6) is 11.5 Å². The molecular formula is C16H16O3. The Morgan fingerprint density at radius 2 is 1.74 bits per heavy atom. The van der Waals surface area contributed by atoms with E-state index in [2.05, 4.69) is 6.92 Å². The lowest BCUT2D eigenvalue weighted by Crippen LogP contribution is -2.10. The van der Waals surface area contributed by atoms with Crippen LogP contribution in [0.1, 0.15) is 22.8 Å². The predicted octanol–water partition coefficient (Wildman–Crippen LogP) is 3.48. The van der Waals surface area contributed by atoms with E-state index in [0.29, 0.717) is 17.1 Å². The van der Waals surface area contributed by atoms with Gasteiger partial charge in [-0.05, 0) is 36.2 Å². The number of ether oxygens (including phenoxy) is 2. The van der Waals surface area contributed by atoms with E-state index in [0.717, 1.165) is 6.42 Å². The van der Waals surface area contributed by atoms with Gasteiger partial charge in [-0.2, -0.15) is 0 Å². The molecule has 0 aromatic heterocycles. The molecule has 0 fully saturated rings. The van der Waals surface area contributed by atoms with Crippen molar-refractivity contribution in [3.8, 4) is 11.5 Å². The van der Waals surface area contributed by atoms with Crippen LogP contribution in [0.2, 0.25) is 0 Å². The summed E-state index contributed by atoms with van der Waals surface area (Å²) in [5, 5.41) is 0. The molecule has 19 heavy (non-hydrogen) atoms. The molecule has 0 aliphatic heterocycles. The molecule has 0 unspecified atom stereocenters. The Labute approximate surface area is 112 Å². The van der Waals surface area contributed by atoms with Gasteiger partial charge in [0.2, 0.25) is 0 Å². The van der Waals surface area contributed by atoms with Gasteiger partial charge in [0.05, 0.1) is 7.11 Å². The van der Waals surface area contributed by atoms with Crippen molar-refractivity contribution in [3.63, 3.8) is 0 Å². The molecule has 0 N–H and O–H groups in total. The Balaban J connectivity index is 2.16. The largest absolute Gasteiger partial charge is 0.496 e. The third-order valence-electron chi connectivity index (χ3n) is 2.87. The summed E-state index contributed by atoms with van der Waals surface area (Å²) in [5.74, 6) is 0.632. The summed E-state index contributed by atoms with van der Waals surface area (Å²) in [4.78, 5) is 12.0. The second-order valence-corrected chi connectivity index (χ2v) is 4.09. The molecule has 0 amide bonds. The minimum atomic E-state index is -0.415. The number of methoxy groups -OCH3 is 1. The Morgan fingerprint density at radius 1 is 1.05 bits per heavy atom. The van der Waals surface area contributed by atoms with Crippen LogP contribution >= 0.6 is 0 Å². The number of carbonyl (C=O) groups excluding carboxylic acids is 1. The lowest BCUT2D eigenvalue weighted by molar-refractivity contribution is 0.0731. The molecule has 0 saturated carbocycles.